The van der Waals surface area contributed by atoms with Crippen LogP contribution < -0.4 is 20.9 Å². The van der Waals surface area contributed by atoms with Gasteiger partial charge in [0.25, 0.3) is 0 Å². The zero-order valence-electron chi connectivity index (χ0n) is 24.9. The molecule has 4 amide bonds. The quantitative estimate of drug-likeness (QED) is 0.460. The summed E-state index contributed by atoms with van der Waals surface area (Å²) in [6.07, 6.45) is -2.47. The Balaban J connectivity index is 1.32. The maximum absolute atomic E-state index is 13.9. The highest BCUT2D eigenvalue weighted by atomic mass is 19.4. The third-order valence-electron chi connectivity index (χ3n) is 9.20. The molecule has 3 aliphatic heterocycles. The van der Waals surface area contributed by atoms with E-state index in [1.807, 2.05) is 49.9 Å². The molecule has 11 heteroatoms. The number of para-hydroxylation sites is 1. The van der Waals surface area contributed by atoms with E-state index in [4.69, 9.17) is 0 Å². The van der Waals surface area contributed by atoms with E-state index in [1.165, 1.54) is 18.2 Å². The number of urea groups is 1. The Kier molecular flexibility index (Phi) is 8.48. The topological polar surface area (TPSA) is 93.8 Å². The summed E-state index contributed by atoms with van der Waals surface area (Å²) < 4.78 is 41.5. The summed E-state index contributed by atoms with van der Waals surface area (Å²) in [7, 11) is 0. The summed E-state index contributed by atoms with van der Waals surface area (Å²) in [5.41, 5.74) is -0.167. The predicted octanol–water partition coefficient (Wildman–Crippen LogP) is 4.37. The normalized spacial score (nSPS) is 20.8. The smallest absolute Gasteiger partial charge is 0.341 e. The van der Waals surface area contributed by atoms with Crippen molar-refractivity contribution < 1.29 is 27.6 Å². The Morgan fingerprint density at radius 2 is 1.63 bits per heavy atom. The minimum atomic E-state index is -4.60. The molecule has 5 rings (SSSR count). The molecule has 0 aliphatic carbocycles. The van der Waals surface area contributed by atoms with Crippen LogP contribution in [0.15, 0.2) is 48.5 Å². The number of halogens is 3. The molecule has 43 heavy (non-hydrogen) atoms. The summed E-state index contributed by atoms with van der Waals surface area (Å²) in [6.45, 7) is 7.85. The largest absolute Gasteiger partial charge is 0.416 e. The van der Waals surface area contributed by atoms with Crippen LogP contribution in [-0.2, 0) is 27.6 Å². The van der Waals surface area contributed by atoms with Crippen LogP contribution in [0.2, 0.25) is 0 Å². The molecule has 3 N–H and O–H groups in total. The number of nitrogens with zero attached hydrogens (tertiary/aromatic N) is 2. The van der Waals surface area contributed by atoms with E-state index in [0.717, 1.165) is 30.4 Å². The van der Waals surface area contributed by atoms with Gasteiger partial charge in [0, 0.05) is 36.8 Å². The van der Waals surface area contributed by atoms with Gasteiger partial charge < -0.3 is 25.8 Å². The molecular weight excluding hydrogens is 559 g/mol. The minimum Gasteiger partial charge on any atom is -0.341 e. The molecule has 2 fully saturated rings. The van der Waals surface area contributed by atoms with Crippen LogP contribution in [0.3, 0.4) is 0 Å². The molecule has 232 valence electrons. The monoisotopic (exact) mass is 599 g/mol. The molecule has 0 aromatic heterocycles. The zero-order valence-corrected chi connectivity index (χ0v) is 24.9. The van der Waals surface area contributed by atoms with Crippen LogP contribution >= 0.6 is 0 Å². The van der Waals surface area contributed by atoms with Gasteiger partial charge in [-0.15, -0.1) is 0 Å². The highest BCUT2D eigenvalue weighted by Crippen LogP contribution is 2.43. The van der Waals surface area contributed by atoms with Crippen molar-refractivity contribution in [1.29, 1.82) is 0 Å². The van der Waals surface area contributed by atoms with Gasteiger partial charge in [-0.1, -0.05) is 36.4 Å². The van der Waals surface area contributed by atoms with Crippen molar-refractivity contribution in [2.75, 3.05) is 31.1 Å². The van der Waals surface area contributed by atoms with Gasteiger partial charge in [0.15, 0.2) is 0 Å². The van der Waals surface area contributed by atoms with Gasteiger partial charge in [-0.25, -0.2) is 4.79 Å². The minimum absolute atomic E-state index is 0.0184. The number of carbonyl (C=O) groups excluding carboxylic acids is 3. The van der Waals surface area contributed by atoms with E-state index in [-0.39, 0.29) is 23.9 Å². The van der Waals surface area contributed by atoms with Crippen LogP contribution in [0, 0.1) is 0 Å². The second-order valence-corrected chi connectivity index (χ2v) is 12.7. The maximum Gasteiger partial charge on any atom is 0.416 e. The van der Waals surface area contributed by atoms with E-state index in [1.54, 1.807) is 4.90 Å². The molecule has 2 saturated heterocycles. The molecule has 1 unspecified atom stereocenters. The van der Waals surface area contributed by atoms with Crippen molar-refractivity contribution in [3.8, 4) is 0 Å². The van der Waals surface area contributed by atoms with Gasteiger partial charge in [-0.2, -0.15) is 13.2 Å². The first-order valence-corrected chi connectivity index (χ1v) is 15.0. The molecule has 0 radical (unpaired) electrons. The summed E-state index contributed by atoms with van der Waals surface area (Å²) in [4.78, 5) is 43.9. The zero-order chi connectivity index (χ0) is 31.0. The van der Waals surface area contributed by atoms with Gasteiger partial charge in [-0.3, -0.25) is 9.59 Å². The number of alkyl halides is 3. The number of anilines is 1. The number of hydrogen-bond acceptors (Lipinski definition) is 4. The van der Waals surface area contributed by atoms with Crippen molar-refractivity contribution in [1.82, 2.24) is 20.9 Å². The Labute approximate surface area is 250 Å². The Bertz CT molecular complexity index is 1360. The number of carbonyl (C=O) groups is 3. The van der Waals surface area contributed by atoms with E-state index >= 15 is 0 Å². The maximum atomic E-state index is 13.9. The number of piperidine rings is 2. The fourth-order valence-electron chi connectivity index (χ4n) is 6.63. The number of benzene rings is 2. The van der Waals surface area contributed by atoms with Gasteiger partial charge in [-0.05, 0) is 82.8 Å². The van der Waals surface area contributed by atoms with E-state index in [0.29, 0.717) is 38.8 Å². The lowest BCUT2D eigenvalue weighted by molar-refractivity contribution is -0.139. The highest BCUT2D eigenvalue weighted by Gasteiger charge is 2.47. The standard InChI is InChI=1S/C32H40F3N5O3/c1-30(2)24-10-6-7-11-26(24)40(28(30)42)22-12-18-39(19-13-22)27(41)25(20-21-8-4-5-9-23(21)32(33,34)35)37-29(43)38-31(3)14-16-36-17-15-31/h4-11,22,25,36H,12-20H2,1-3H3,(H2,37,38,43). The molecule has 8 nitrogen and oxygen atoms in total. The number of likely N-dealkylation sites (tertiary alicyclic amines) is 1. The molecule has 3 heterocycles. The number of fused-ring (bicyclic) bond motifs is 1. The van der Waals surface area contributed by atoms with Crippen molar-refractivity contribution in [3.05, 3.63) is 65.2 Å². The summed E-state index contributed by atoms with van der Waals surface area (Å²) in [5.74, 6) is -0.417. The average Bonchev–Trinajstić information content (AvgIpc) is 3.17. The van der Waals surface area contributed by atoms with Crippen molar-refractivity contribution in [3.63, 3.8) is 0 Å². The highest BCUT2D eigenvalue weighted by molar-refractivity contribution is 6.08. The fraction of sp³-hybridized carbons (Fsp3) is 0.531. The second-order valence-electron chi connectivity index (χ2n) is 12.7. The van der Waals surface area contributed by atoms with Crippen molar-refractivity contribution >= 4 is 23.5 Å². The van der Waals surface area contributed by atoms with Crippen LogP contribution in [0.1, 0.15) is 63.1 Å². The Morgan fingerprint density at radius 1 is 1.00 bits per heavy atom. The fourth-order valence-corrected chi connectivity index (χ4v) is 6.63. The summed E-state index contributed by atoms with van der Waals surface area (Å²) >= 11 is 0. The lowest BCUT2D eigenvalue weighted by Gasteiger charge is -2.39. The van der Waals surface area contributed by atoms with Crippen LogP contribution in [0.4, 0.5) is 23.7 Å². The third-order valence-corrected chi connectivity index (χ3v) is 9.20. The molecule has 1 atom stereocenters. The summed E-state index contributed by atoms with van der Waals surface area (Å²) in [6, 6.07) is 11.0. The molecule has 3 aliphatic rings. The number of hydrogen-bond donors (Lipinski definition) is 3. The first kappa shape index (κ1) is 30.8. The molecular formula is C32H40F3N5O3. The molecule has 0 spiro atoms. The van der Waals surface area contributed by atoms with Gasteiger partial charge in [0.2, 0.25) is 11.8 Å². The molecule has 2 aromatic carbocycles. The lowest BCUT2D eigenvalue weighted by atomic mass is 9.86. The molecule has 0 bridgehead atoms. The average molecular weight is 600 g/mol. The van der Waals surface area contributed by atoms with Crippen molar-refractivity contribution in [2.24, 2.45) is 0 Å². The van der Waals surface area contributed by atoms with Crippen molar-refractivity contribution in [2.45, 2.75) is 82.1 Å². The molecule has 0 saturated carbocycles. The Hall–Kier alpha value is -3.60. The Morgan fingerprint density at radius 3 is 2.30 bits per heavy atom. The van der Waals surface area contributed by atoms with Crippen LogP contribution in [-0.4, -0.2) is 66.5 Å². The molecule has 2 aromatic rings. The SMILES string of the molecule is CC1(NC(=O)NC(Cc2ccccc2C(F)(F)F)C(=O)N2CCC(N3C(=O)C(C)(C)c4ccccc43)CC2)CCNCC1. The summed E-state index contributed by atoms with van der Waals surface area (Å²) in [5, 5.41) is 8.91. The first-order chi connectivity index (χ1) is 20.3. The number of amides is 4. The van der Waals surface area contributed by atoms with E-state index < -0.39 is 40.7 Å². The lowest BCUT2D eigenvalue weighted by Crippen LogP contribution is -2.59. The number of rotatable bonds is 6. The van der Waals surface area contributed by atoms with E-state index in [9.17, 15) is 27.6 Å². The number of nitrogens with one attached hydrogen (secondary N) is 3. The van der Waals surface area contributed by atoms with Crippen LogP contribution in [0.5, 0.6) is 0 Å². The third kappa shape index (κ3) is 6.37. The second kappa shape index (κ2) is 11.8. The van der Waals surface area contributed by atoms with Gasteiger partial charge in [0.1, 0.15) is 6.04 Å². The van der Waals surface area contributed by atoms with Gasteiger partial charge in [0.05, 0.1) is 11.0 Å². The van der Waals surface area contributed by atoms with E-state index in [2.05, 4.69) is 16.0 Å². The predicted molar refractivity (Wildman–Crippen MR) is 158 cm³/mol. The van der Waals surface area contributed by atoms with Gasteiger partial charge >= 0.3 is 12.2 Å². The first-order valence-electron chi connectivity index (χ1n) is 15.0. The van der Waals surface area contributed by atoms with Crippen LogP contribution in [0.25, 0.3) is 0 Å².